The van der Waals surface area contributed by atoms with Gasteiger partial charge in [-0.05, 0) is 19.9 Å². The first kappa shape index (κ1) is 16.8. The van der Waals surface area contributed by atoms with Crippen molar-refractivity contribution in [1.29, 1.82) is 0 Å². The summed E-state index contributed by atoms with van der Waals surface area (Å²) >= 11 is 0. The molecule has 1 unspecified atom stereocenters. The molecule has 1 fully saturated rings. The molecule has 2 aliphatic rings. The molecule has 2 aliphatic heterocycles. The van der Waals surface area contributed by atoms with E-state index in [1.807, 2.05) is 13.8 Å². The van der Waals surface area contributed by atoms with E-state index in [1.165, 1.54) is 4.31 Å². The summed E-state index contributed by atoms with van der Waals surface area (Å²) in [5.41, 5.74) is 0. The van der Waals surface area contributed by atoms with Gasteiger partial charge in [0.25, 0.3) is 10.2 Å². The first-order valence-electron chi connectivity index (χ1n) is 8.36. The normalized spacial score (nSPS) is 23.6. The average molecular weight is 342 g/mol. The van der Waals surface area contributed by atoms with Crippen molar-refractivity contribution in [3.8, 4) is 0 Å². The van der Waals surface area contributed by atoms with E-state index in [0.29, 0.717) is 19.6 Å². The van der Waals surface area contributed by atoms with Crippen molar-refractivity contribution in [2.75, 3.05) is 33.2 Å². The van der Waals surface area contributed by atoms with Crippen molar-refractivity contribution in [3.63, 3.8) is 0 Å². The molecular formula is C14H26N6O2S. The van der Waals surface area contributed by atoms with E-state index in [2.05, 4.69) is 26.7 Å². The van der Waals surface area contributed by atoms with Crippen LogP contribution in [-0.4, -0.2) is 69.9 Å². The van der Waals surface area contributed by atoms with Crippen molar-refractivity contribution >= 4 is 10.2 Å². The molecule has 0 saturated carbocycles. The lowest BCUT2D eigenvalue weighted by molar-refractivity contribution is 0.254. The summed E-state index contributed by atoms with van der Waals surface area (Å²) in [6.45, 7) is 7.82. The zero-order valence-corrected chi connectivity index (χ0v) is 15.0. The van der Waals surface area contributed by atoms with Gasteiger partial charge in [-0.3, -0.25) is 4.90 Å². The van der Waals surface area contributed by atoms with Gasteiger partial charge in [-0.15, -0.1) is 10.2 Å². The van der Waals surface area contributed by atoms with Gasteiger partial charge in [-0.2, -0.15) is 17.0 Å². The monoisotopic (exact) mass is 342 g/mol. The maximum absolute atomic E-state index is 12.9. The van der Waals surface area contributed by atoms with Crippen LogP contribution >= 0.6 is 0 Å². The highest BCUT2D eigenvalue weighted by Gasteiger charge is 2.40. The number of aromatic nitrogens is 3. The van der Waals surface area contributed by atoms with Crippen LogP contribution in [0.25, 0.3) is 0 Å². The van der Waals surface area contributed by atoms with Crippen LogP contribution in [0.2, 0.25) is 0 Å². The second-order valence-electron chi connectivity index (χ2n) is 6.22. The van der Waals surface area contributed by atoms with E-state index in [-0.39, 0.29) is 6.04 Å². The molecule has 9 heteroatoms. The van der Waals surface area contributed by atoms with E-state index in [4.69, 9.17) is 0 Å². The molecule has 0 N–H and O–H groups in total. The van der Waals surface area contributed by atoms with Crippen molar-refractivity contribution in [2.24, 2.45) is 0 Å². The van der Waals surface area contributed by atoms with Gasteiger partial charge >= 0.3 is 0 Å². The second kappa shape index (κ2) is 6.46. The van der Waals surface area contributed by atoms with E-state index in [9.17, 15) is 8.42 Å². The second-order valence-corrected chi connectivity index (χ2v) is 8.11. The maximum atomic E-state index is 12.9. The predicted octanol–water partition coefficient (Wildman–Crippen LogP) is 0.447. The number of rotatable bonds is 5. The molecule has 1 atom stereocenters. The zero-order valence-electron chi connectivity index (χ0n) is 14.1. The van der Waals surface area contributed by atoms with Gasteiger partial charge in [0.2, 0.25) is 0 Å². The van der Waals surface area contributed by atoms with Gasteiger partial charge in [0.15, 0.2) is 5.82 Å². The Morgan fingerprint density at radius 1 is 1.17 bits per heavy atom. The molecule has 0 amide bonds. The molecule has 130 valence electrons. The predicted molar refractivity (Wildman–Crippen MR) is 86.9 cm³/mol. The maximum Gasteiger partial charge on any atom is 0.282 e. The number of nitrogens with zero attached hydrogens (tertiary/aromatic N) is 6. The van der Waals surface area contributed by atoms with E-state index in [0.717, 1.165) is 44.1 Å². The minimum Gasteiger partial charge on any atom is -0.311 e. The van der Waals surface area contributed by atoms with Crippen LogP contribution < -0.4 is 0 Å². The third kappa shape index (κ3) is 2.90. The molecule has 1 aromatic heterocycles. The Morgan fingerprint density at radius 3 is 2.61 bits per heavy atom. The van der Waals surface area contributed by atoms with Crippen LogP contribution in [0, 0.1) is 0 Å². The van der Waals surface area contributed by atoms with Crippen LogP contribution in [0.3, 0.4) is 0 Å². The SMILES string of the molecule is CCN(CC)S(=O)(=O)N1CCCC1c1nnc2n1CCN(C)C2. The van der Waals surface area contributed by atoms with Crippen molar-refractivity contribution in [2.45, 2.75) is 45.8 Å². The summed E-state index contributed by atoms with van der Waals surface area (Å²) in [4.78, 5) is 2.20. The number of likely N-dealkylation sites (N-methyl/N-ethyl adjacent to an activating group) is 1. The summed E-state index contributed by atoms with van der Waals surface area (Å²) < 4.78 is 31.1. The van der Waals surface area contributed by atoms with Crippen molar-refractivity contribution < 1.29 is 8.42 Å². The molecule has 0 aromatic carbocycles. The fourth-order valence-electron chi connectivity index (χ4n) is 3.52. The Bertz CT molecular complexity index is 654. The van der Waals surface area contributed by atoms with Crippen LogP contribution in [0.5, 0.6) is 0 Å². The van der Waals surface area contributed by atoms with E-state index in [1.54, 1.807) is 4.31 Å². The van der Waals surface area contributed by atoms with Gasteiger partial charge in [-0.1, -0.05) is 13.8 Å². The Hall–Kier alpha value is -1.03. The summed E-state index contributed by atoms with van der Waals surface area (Å²) in [7, 11) is -1.38. The Kier molecular flexibility index (Phi) is 4.73. The van der Waals surface area contributed by atoms with Gasteiger partial charge in [0.05, 0.1) is 12.6 Å². The van der Waals surface area contributed by atoms with E-state index >= 15 is 0 Å². The average Bonchev–Trinajstić information content (AvgIpc) is 3.13. The van der Waals surface area contributed by atoms with Crippen LogP contribution in [0.15, 0.2) is 0 Å². The Morgan fingerprint density at radius 2 is 1.91 bits per heavy atom. The van der Waals surface area contributed by atoms with Gasteiger partial charge in [0.1, 0.15) is 5.82 Å². The third-order valence-corrected chi connectivity index (χ3v) is 7.00. The minimum atomic E-state index is -3.44. The molecule has 3 heterocycles. The van der Waals surface area contributed by atoms with Crippen LogP contribution in [-0.2, 0) is 23.3 Å². The first-order valence-corrected chi connectivity index (χ1v) is 9.76. The number of hydrogen-bond acceptors (Lipinski definition) is 5. The lowest BCUT2D eigenvalue weighted by Gasteiger charge is -2.30. The molecular weight excluding hydrogens is 316 g/mol. The van der Waals surface area contributed by atoms with Gasteiger partial charge < -0.3 is 4.57 Å². The molecule has 3 rings (SSSR count). The topological polar surface area (TPSA) is 74.6 Å². The highest BCUT2D eigenvalue weighted by atomic mass is 32.2. The smallest absolute Gasteiger partial charge is 0.282 e. The molecule has 1 saturated heterocycles. The van der Waals surface area contributed by atoms with Gasteiger partial charge in [-0.25, -0.2) is 0 Å². The van der Waals surface area contributed by atoms with E-state index < -0.39 is 10.2 Å². The van der Waals surface area contributed by atoms with Gasteiger partial charge in [0, 0.05) is 32.7 Å². The molecule has 0 radical (unpaired) electrons. The summed E-state index contributed by atoms with van der Waals surface area (Å²) in [5.74, 6) is 1.74. The quantitative estimate of drug-likeness (QED) is 0.776. The fraction of sp³-hybridized carbons (Fsp3) is 0.857. The highest BCUT2D eigenvalue weighted by Crippen LogP contribution is 2.35. The summed E-state index contributed by atoms with van der Waals surface area (Å²) in [5, 5.41) is 8.64. The standard InChI is InChI=1S/C14H26N6O2S/c1-4-18(5-2)23(21,22)20-8-6-7-12(20)14-16-15-13-11-17(3)9-10-19(13)14/h12H,4-11H2,1-3H3. The van der Waals surface area contributed by atoms with Crippen molar-refractivity contribution in [1.82, 2.24) is 28.3 Å². The third-order valence-electron chi connectivity index (χ3n) is 4.80. The largest absolute Gasteiger partial charge is 0.311 e. The molecule has 23 heavy (non-hydrogen) atoms. The van der Waals surface area contributed by atoms with Crippen LogP contribution in [0.4, 0.5) is 0 Å². The Labute approximate surface area is 138 Å². The summed E-state index contributed by atoms with van der Waals surface area (Å²) in [6.07, 6.45) is 1.68. The number of hydrogen-bond donors (Lipinski definition) is 0. The minimum absolute atomic E-state index is 0.190. The van der Waals surface area contributed by atoms with Crippen LogP contribution in [0.1, 0.15) is 44.4 Å². The molecule has 0 bridgehead atoms. The molecule has 0 spiro atoms. The highest BCUT2D eigenvalue weighted by molar-refractivity contribution is 7.86. The fourth-order valence-corrected chi connectivity index (χ4v) is 5.35. The zero-order chi connectivity index (χ0) is 16.6. The lowest BCUT2D eigenvalue weighted by Crippen LogP contribution is -2.44. The Balaban J connectivity index is 1.91. The number of fused-ring (bicyclic) bond motifs is 1. The molecule has 0 aliphatic carbocycles. The first-order chi connectivity index (χ1) is 11.0. The van der Waals surface area contributed by atoms with Crippen molar-refractivity contribution in [3.05, 3.63) is 11.6 Å². The molecule has 1 aromatic rings. The summed E-state index contributed by atoms with van der Waals surface area (Å²) in [6, 6.07) is -0.190. The lowest BCUT2D eigenvalue weighted by atomic mass is 10.2. The molecule has 8 nitrogen and oxygen atoms in total.